The molecular formula is C25H30FN3O3. The number of nitrogens with one attached hydrogen (secondary N) is 1. The highest BCUT2D eigenvalue weighted by atomic mass is 19.1. The van der Waals surface area contributed by atoms with Gasteiger partial charge in [0.2, 0.25) is 0 Å². The molecule has 7 heteroatoms. The normalized spacial score (nSPS) is 13.8. The summed E-state index contributed by atoms with van der Waals surface area (Å²) in [6, 6.07) is 13.2. The van der Waals surface area contributed by atoms with Crippen molar-refractivity contribution in [2.24, 2.45) is 0 Å². The van der Waals surface area contributed by atoms with Crippen LogP contribution in [0.25, 0.3) is 5.57 Å². The summed E-state index contributed by atoms with van der Waals surface area (Å²) >= 11 is 0. The molecule has 2 aromatic carbocycles. The number of imide groups is 1. The van der Waals surface area contributed by atoms with Crippen LogP contribution in [-0.4, -0.2) is 50.6 Å². The fraction of sp³-hybridized carbons (Fsp3) is 0.360. The number of ether oxygens (including phenoxy) is 1. The first-order valence-electron chi connectivity index (χ1n) is 10.9. The first kappa shape index (κ1) is 23.5. The zero-order valence-electron chi connectivity index (χ0n) is 18.9. The van der Waals surface area contributed by atoms with Gasteiger partial charge in [0.1, 0.15) is 11.5 Å². The summed E-state index contributed by atoms with van der Waals surface area (Å²) in [6.45, 7) is 3.51. The van der Waals surface area contributed by atoms with Crippen LogP contribution in [0.5, 0.6) is 0 Å². The fourth-order valence-electron chi connectivity index (χ4n) is 3.44. The summed E-state index contributed by atoms with van der Waals surface area (Å²) in [4.78, 5) is 29.6. The Kier molecular flexibility index (Phi) is 8.00. The van der Waals surface area contributed by atoms with Crippen LogP contribution in [0.2, 0.25) is 0 Å². The maximum Gasteiger partial charge on any atom is 0.278 e. The highest BCUT2D eigenvalue weighted by Gasteiger charge is 2.38. The third-order valence-corrected chi connectivity index (χ3v) is 5.27. The third kappa shape index (κ3) is 5.53. The minimum absolute atomic E-state index is 0.200. The van der Waals surface area contributed by atoms with E-state index >= 15 is 0 Å². The first-order valence-corrected chi connectivity index (χ1v) is 10.9. The minimum atomic E-state index is -0.402. The maximum atomic E-state index is 13.5. The zero-order chi connectivity index (χ0) is 23.1. The Morgan fingerprint density at radius 2 is 1.59 bits per heavy atom. The number of benzene rings is 2. The van der Waals surface area contributed by atoms with Gasteiger partial charge in [0, 0.05) is 45.2 Å². The van der Waals surface area contributed by atoms with Gasteiger partial charge >= 0.3 is 0 Å². The second-order valence-corrected chi connectivity index (χ2v) is 7.90. The van der Waals surface area contributed by atoms with E-state index in [2.05, 4.69) is 12.2 Å². The Hall–Kier alpha value is -3.19. The smallest absolute Gasteiger partial charge is 0.278 e. The molecule has 0 atom stereocenters. The van der Waals surface area contributed by atoms with E-state index < -0.39 is 5.82 Å². The average Bonchev–Trinajstić information content (AvgIpc) is 3.01. The molecule has 0 saturated carbocycles. The van der Waals surface area contributed by atoms with Crippen LogP contribution >= 0.6 is 0 Å². The quantitative estimate of drug-likeness (QED) is 0.418. The molecule has 1 aliphatic rings. The molecule has 0 aromatic heterocycles. The van der Waals surface area contributed by atoms with Crippen LogP contribution in [0.1, 0.15) is 31.7 Å². The molecule has 6 nitrogen and oxygen atoms in total. The molecule has 0 unspecified atom stereocenters. The molecule has 3 rings (SSSR count). The Morgan fingerprint density at radius 3 is 2.22 bits per heavy atom. The lowest BCUT2D eigenvalue weighted by molar-refractivity contribution is -0.137. The zero-order valence-corrected chi connectivity index (χ0v) is 18.9. The average molecular weight is 440 g/mol. The number of hydrogen-bond acceptors (Lipinski definition) is 5. The van der Waals surface area contributed by atoms with Gasteiger partial charge in [0.15, 0.2) is 0 Å². The number of halogens is 1. The Morgan fingerprint density at radius 1 is 0.938 bits per heavy atom. The van der Waals surface area contributed by atoms with Gasteiger partial charge in [-0.3, -0.25) is 14.5 Å². The molecule has 1 heterocycles. The highest BCUT2D eigenvalue weighted by Crippen LogP contribution is 2.31. The number of anilines is 2. The molecule has 2 aromatic rings. The molecule has 2 amide bonds. The Bertz CT molecular complexity index is 969. The lowest BCUT2D eigenvalue weighted by atomic mass is 10.0. The molecule has 0 bridgehead atoms. The van der Waals surface area contributed by atoms with Crippen molar-refractivity contribution in [2.45, 2.75) is 26.2 Å². The maximum absolute atomic E-state index is 13.5. The number of rotatable bonds is 11. The lowest BCUT2D eigenvalue weighted by Crippen LogP contribution is -2.34. The topological polar surface area (TPSA) is 61.9 Å². The van der Waals surface area contributed by atoms with E-state index in [1.165, 1.54) is 29.2 Å². The summed E-state index contributed by atoms with van der Waals surface area (Å²) in [7, 11) is 3.89. The van der Waals surface area contributed by atoms with E-state index in [-0.39, 0.29) is 29.6 Å². The van der Waals surface area contributed by atoms with E-state index in [0.717, 1.165) is 18.5 Å². The number of unbranched alkanes of at least 4 members (excludes halogenated alkanes) is 1. The van der Waals surface area contributed by atoms with E-state index in [4.69, 9.17) is 4.74 Å². The largest absolute Gasteiger partial charge is 0.381 e. The van der Waals surface area contributed by atoms with Gasteiger partial charge in [-0.05, 0) is 54.8 Å². The fourth-order valence-corrected chi connectivity index (χ4v) is 3.44. The standard InChI is InChI=1S/C25H30FN3O3/c1-4-5-16-32-17-6-15-29-24(30)22(18-7-9-19(26)10-8-18)23(25(29)31)27-20-11-13-21(14-12-20)28(2)3/h7-14,27H,4-6,15-17H2,1-3H3. The number of carbonyl (C=O) groups excluding carboxylic acids is 2. The molecule has 170 valence electrons. The van der Waals surface area contributed by atoms with E-state index in [1.807, 2.05) is 43.3 Å². The molecule has 0 fully saturated rings. The van der Waals surface area contributed by atoms with Crippen molar-refractivity contribution in [1.29, 1.82) is 0 Å². The number of amides is 2. The summed E-state index contributed by atoms with van der Waals surface area (Å²) in [5.74, 6) is -1.18. The van der Waals surface area contributed by atoms with Gasteiger partial charge in [-0.2, -0.15) is 0 Å². The lowest BCUT2D eigenvalue weighted by Gasteiger charge is -2.16. The van der Waals surface area contributed by atoms with Gasteiger partial charge in [-0.15, -0.1) is 0 Å². The van der Waals surface area contributed by atoms with Gasteiger partial charge in [-0.1, -0.05) is 25.5 Å². The summed E-state index contributed by atoms with van der Waals surface area (Å²) in [6.07, 6.45) is 2.60. The van der Waals surface area contributed by atoms with Crippen molar-refractivity contribution < 1.29 is 18.7 Å². The van der Waals surface area contributed by atoms with Crippen molar-refractivity contribution in [3.8, 4) is 0 Å². The summed E-state index contributed by atoms with van der Waals surface area (Å²) in [5.41, 5.74) is 2.65. The van der Waals surface area contributed by atoms with Crippen molar-refractivity contribution in [3.63, 3.8) is 0 Å². The van der Waals surface area contributed by atoms with Gasteiger partial charge in [0.25, 0.3) is 11.8 Å². The predicted molar refractivity (Wildman–Crippen MR) is 125 cm³/mol. The van der Waals surface area contributed by atoms with Crippen molar-refractivity contribution in [1.82, 2.24) is 4.90 Å². The number of hydrogen-bond donors (Lipinski definition) is 1. The van der Waals surface area contributed by atoms with Gasteiger partial charge in [0.05, 0.1) is 5.57 Å². The third-order valence-electron chi connectivity index (χ3n) is 5.27. The molecule has 0 saturated heterocycles. The van der Waals surface area contributed by atoms with E-state index in [0.29, 0.717) is 30.9 Å². The molecular weight excluding hydrogens is 409 g/mol. The number of nitrogens with zero attached hydrogens (tertiary/aromatic N) is 2. The van der Waals surface area contributed by atoms with Gasteiger partial charge in [-0.25, -0.2) is 4.39 Å². The van der Waals surface area contributed by atoms with Crippen molar-refractivity contribution >= 4 is 28.8 Å². The van der Waals surface area contributed by atoms with Crippen LogP contribution in [0, 0.1) is 5.82 Å². The Labute approximate surface area is 188 Å². The highest BCUT2D eigenvalue weighted by molar-refractivity contribution is 6.36. The van der Waals surface area contributed by atoms with E-state index in [9.17, 15) is 14.0 Å². The van der Waals surface area contributed by atoms with Crippen molar-refractivity contribution in [2.75, 3.05) is 44.1 Å². The van der Waals surface area contributed by atoms with Gasteiger partial charge < -0.3 is 15.0 Å². The molecule has 32 heavy (non-hydrogen) atoms. The second kappa shape index (κ2) is 10.9. The molecule has 0 radical (unpaired) electrons. The van der Waals surface area contributed by atoms with Crippen LogP contribution in [0.15, 0.2) is 54.2 Å². The summed E-state index contributed by atoms with van der Waals surface area (Å²) < 4.78 is 19.0. The first-order chi connectivity index (χ1) is 15.4. The molecule has 0 aliphatic carbocycles. The Balaban J connectivity index is 1.82. The molecule has 1 N–H and O–H groups in total. The SMILES string of the molecule is CCCCOCCCN1C(=O)C(Nc2ccc(N(C)C)cc2)=C(c2ccc(F)cc2)C1=O. The monoisotopic (exact) mass is 439 g/mol. The second-order valence-electron chi connectivity index (χ2n) is 7.90. The van der Waals surface area contributed by atoms with Crippen LogP contribution in [0.4, 0.5) is 15.8 Å². The number of carbonyl (C=O) groups is 2. The summed E-state index contributed by atoms with van der Waals surface area (Å²) in [5, 5.41) is 3.12. The van der Waals surface area contributed by atoms with Crippen LogP contribution < -0.4 is 10.2 Å². The predicted octanol–water partition coefficient (Wildman–Crippen LogP) is 4.29. The van der Waals surface area contributed by atoms with Crippen molar-refractivity contribution in [3.05, 3.63) is 65.6 Å². The molecule has 1 aliphatic heterocycles. The molecule has 0 spiro atoms. The van der Waals surface area contributed by atoms with E-state index in [1.54, 1.807) is 0 Å². The minimum Gasteiger partial charge on any atom is -0.381 e. The van der Waals surface area contributed by atoms with Crippen LogP contribution in [0.3, 0.4) is 0 Å². The van der Waals surface area contributed by atoms with Crippen LogP contribution in [-0.2, 0) is 14.3 Å².